The minimum Gasteiger partial charge on any atom is -0.380 e. The third-order valence-electron chi connectivity index (χ3n) is 4.17. The van der Waals surface area contributed by atoms with Crippen molar-refractivity contribution >= 4 is 11.5 Å². The van der Waals surface area contributed by atoms with Crippen LogP contribution < -0.4 is 5.32 Å². The lowest BCUT2D eigenvalue weighted by atomic mass is 10.00. The van der Waals surface area contributed by atoms with E-state index in [2.05, 4.69) is 5.32 Å². The molecule has 1 N–H and O–H groups in total. The van der Waals surface area contributed by atoms with E-state index in [9.17, 15) is 18.0 Å². The molecule has 3 aromatic carbocycles. The minimum atomic E-state index is -4.42. The minimum absolute atomic E-state index is 0.0893. The highest BCUT2D eigenvalue weighted by atomic mass is 19.4. The van der Waals surface area contributed by atoms with E-state index in [1.54, 1.807) is 18.2 Å². The molecule has 5 heteroatoms. The quantitative estimate of drug-likeness (QED) is 0.561. The van der Waals surface area contributed by atoms with Crippen LogP contribution in [-0.2, 0) is 19.1 Å². The molecule has 0 aliphatic rings. The number of alkyl halides is 3. The molecule has 0 radical (unpaired) electrons. The Morgan fingerprint density at radius 2 is 1.48 bits per heavy atom. The molecule has 0 aliphatic carbocycles. The molecule has 0 saturated heterocycles. The van der Waals surface area contributed by atoms with E-state index in [0.717, 1.165) is 17.7 Å². The summed E-state index contributed by atoms with van der Waals surface area (Å²) in [6.07, 6.45) is -4.51. The Morgan fingerprint density at radius 1 is 0.815 bits per heavy atom. The summed E-state index contributed by atoms with van der Waals surface area (Å²) in [6, 6.07) is 21.7. The molecule has 0 saturated carbocycles. The Balaban J connectivity index is 1.75. The molecule has 0 unspecified atom stereocenters. The first-order chi connectivity index (χ1) is 12.9. The van der Waals surface area contributed by atoms with Crippen molar-refractivity contribution in [2.24, 2.45) is 0 Å². The molecule has 3 rings (SSSR count). The van der Waals surface area contributed by atoms with Crippen molar-refractivity contribution in [3.63, 3.8) is 0 Å². The van der Waals surface area contributed by atoms with Crippen molar-refractivity contribution in [3.05, 3.63) is 101 Å². The van der Waals surface area contributed by atoms with Gasteiger partial charge in [-0.05, 0) is 29.3 Å². The smallest absolute Gasteiger partial charge is 0.380 e. The lowest BCUT2D eigenvalue weighted by Crippen LogP contribution is -2.10. The highest BCUT2D eigenvalue weighted by Crippen LogP contribution is 2.30. The number of benzene rings is 3. The number of halogens is 3. The third-order valence-corrected chi connectivity index (χ3v) is 4.17. The molecule has 0 aliphatic heterocycles. The van der Waals surface area contributed by atoms with Gasteiger partial charge in [-0.15, -0.1) is 0 Å². The second-order valence-corrected chi connectivity index (χ2v) is 6.18. The first-order valence-electron chi connectivity index (χ1n) is 8.49. The molecule has 2 nitrogen and oxygen atoms in total. The number of carbonyl (C=O) groups excluding carboxylic acids is 1. The first-order valence-corrected chi connectivity index (χ1v) is 8.49. The SMILES string of the molecule is O=C(Cc1cccc(C(F)(F)F)c1)c1ccccc1NCc1ccccc1. The fraction of sp³-hybridized carbons (Fsp3) is 0.136. The molecule has 0 atom stereocenters. The van der Waals surface area contributed by atoms with Crippen molar-refractivity contribution in [2.75, 3.05) is 5.32 Å². The Hall–Kier alpha value is -3.08. The van der Waals surface area contributed by atoms with Crippen LogP contribution in [0.2, 0.25) is 0 Å². The first kappa shape index (κ1) is 18.7. The van der Waals surface area contributed by atoms with Gasteiger partial charge in [0.2, 0.25) is 0 Å². The summed E-state index contributed by atoms with van der Waals surface area (Å²) in [5.74, 6) is -0.231. The number of nitrogens with one attached hydrogen (secondary N) is 1. The largest absolute Gasteiger partial charge is 0.416 e. The predicted molar refractivity (Wildman–Crippen MR) is 99.7 cm³/mol. The number of carbonyl (C=O) groups is 1. The molecule has 0 spiro atoms. The lowest BCUT2D eigenvalue weighted by Gasteiger charge is -2.12. The zero-order chi connectivity index (χ0) is 19.3. The highest BCUT2D eigenvalue weighted by molar-refractivity contribution is 6.02. The molecule has 0 aromatic heterocycles. The van der Waals surface area contributed by atoms with Gasteiger partial charge in [-0.3, -0.25) is 4.79 Å². The summed E-state index contributed by atoms with van der Waals surface area (Å²) in [6.45, 7) is 0.550. The van der Waals surface area contributed by atoms with Crippen LogP contribution in [0.3, 0.4) is 0 Å². The Morgan fingerprint density at radius 3 is 2.22 bits per heavy atom. The highest BCUT2D eigenvalue weighted by Gasteiger charge is 2.30. The second kappa shape index (κ2) is 8.08. The number of hydrogen-bond donors (Lipinski definition) is 1. The van der Waals surface area contributed by atoms with E-state index in [0.29, 0.717) is 23.4 Å². The van der Waals surface area contributed by atoms with Gasteiger partial charge in [0.1, 0.15) is 0 Å². The zero-order valence-corrected chi connectivity index (χ0v) is 14.5. The van der Waals surface area contributed by atoms with Gasteiger partial charge in [0.25, 0.3) is 0 Å². The van der Waals surface area contributed by atoms with Crippen LogP contribution in [-0.4, -0.2) is 5.78 Å². The normalized spacial score (nSPS) is 11.2. The third kappa shape index (κ3) is 4.97. The summed E-state index contributed by atoms with van der Waals surface area (Å²) in [5, 5.41) is 3.23. The Kier molecular flexibility index (Phi) is 5.60. The number of anilines is 1. The summed E-state index contributed by atoms with van der Waals surface area (Å²) in [4.78, 5) is 12.7. The number of Topliss-reactive ketones (excluding diaryl/α,β-unsaturated/α-hetero) is 1. The van der Waals surface area contributed by atoms with Crippen LogP contribution >= 0.6 is 0 Å². The number of hydrogen-bond acceptors (Lipinski definition) is 2. The molecule has 3 aromatic rings. The second-order valence-electron chi connectivity index (χ2n) is 6.18. The predicted octanol–water partition coefficient (Wildman–Crippen LogP) is 5.74. The van der Waals surface area contributed by atoms with Crippen LogP contribution in [0.15, 0.2) is 78.9 Å². The van der Waals surface area contributed by atoms with E-state index in [1.807, 2.05) is 36.4 Å². The lowest BCUT2D eigenvalue weighted by molar-refractivity contribution is -0.137. The van der Waals surface area contributed by atoms with E-state index in [4.69, 9.17) is 0 Å². The van der Waals surface area contributed by atoms with Crippen molar-refractivity contribution in [2.45, 2.75) is 19.1 Å². The van der Waals surface area contributed by atoms with Gasteiger partial charge in [-0.2, -0.15) is 13.2 Å². The van der Waals surface area contributed by atoms with Gasteiger partial charge in [0.05, 0.1) is 5.56 Å². The van der Waals surface area contributed by atoms with Gasteiger partial charge < -0.3 is 5.32 Å². The van der Waals surface area contributed by atoms with Crippen LogP contribution in [0, 0.1) is 0 Å². The average molecular weight is 369 g/mol. The van der Waals surface area contributed by atoms with E-state index < -0.39 is 11.7 Å². The molecular formula is C22H18F3NO. The Bertz CT molecular complexity index is 920. The summed E-state index contributed by atoms with van der Waals surface area (Å²) in [7, 11) is 0. The molecule has 0 bridgehead atoms. The van der Waals surface area contributed by atoms with E-state index >= 15 is 0 Å². The van der Waals surface area contributed by atoms with Crippen molar-refractivity contribution in [1.29, 1.82) is 0 Å². The van der Waals surface area contributed by atoms with E-state index in [-0.39, 0.29) is 12.2 Å². The number of ketones is 1. The maximum Gasteiger partial charge on any atom is 0.416 e. The van der Waals surface area contributed by atoms with E-state index in [1.165, 1.54) is 12.1 Å². The van der Waals surface area contributed by atoms with Crippen molar-refractivity contribution in [3.8, 4) is 0 Å². The monoisotopic (exact) mass is 369 g/mol. The summed E-state index contributed by atoms with van der Waals surface area (Å²) in [5.41, 5.74) is 1.79. The fourth-order valence-corrected chi connectivity index (χ4v) is 2.81. The summed E-state index contributed by atoms with van der Waals surface area (Å²) >= 11 is 0. The molecule has 0 heterocycles. The van der Waals surface area contributed by atoms with Crippen LogP contribution in [0.4, 0.5) is 18.9 Å². The maximum absolute atomic E-state index is 12.9. The van der Waals surface area contributed by atoms with Gasteiger partial charge in [0, 0.05) is 24.2 Å². The van der Waals surface area contributed by atoms with Gasteiger partial charge in [-0.1, -0.05) is 60.7 Å². The molecule has 27 heavy (non-hydrogen) atoms. The van der Waals surface area contributed by atoms with Crippen LogP contribution in [0.25, 0.3) is 0 Å². The van der Waals surface area contributed by atoms with Gasteiger partial charge in [0.15, 0.2) is 5.78 Å². The molecule has 0 fully saturated rings. The van der Waals surface area contributed by atoms with Gasteiger partial charge in [-0.25, -0.2) is 0 Å². The molecule has 138 valence electrons. The number of rotatable bonds is 6. The maximum atomic E-state index is 12.9. The molecular weight excluding hydrogens is 351 g/mol. The van der Waals surface area contributed by atoms with Crippen LogP contribution in [0.5, 0.6) is 0 Å². The standard InChI is InChI=1S/C22H18F3NO/c23-22(24,25)18-10-6-9-17(13-18)14-21(27)19-11-4-5-12-20(19)26-15-16-7-2-1-3-8-16/h1-13,26H,14-15H2. The zero-order valence-electron chi connectivity index (χ0n) is 14.5. The Labute approximate surface area is 155 Å². The average Bonchev–Trinajstić information content (AvgIpc) is 2.67. The molecule has 0 amide bonds. The number of para-hydroxylation sites is 1. The fourth-order valence-electron chi connectivity index (χ4n) is 2.81. The van der Waals surface area contributed by atoms with Crippen molar-refractivity contribution in [1.82, 2.24) is 0 Å². The summed E-state index contributed by atoms with van der Waals surface area (Å²) < 4.78 is 38.6. The van der Waals surface area contributed by atoms with Gasteiger partial charge >= 0.3 is 6.18 Å². The van der Waals surface area contributed by atoms with Crippen molar-refractivity contribution < 1.29 is 18.0 Å². The topological polar surface area (TPSA) is 29.1 Å². The van der Waals surface area contributed by atoms with Crippen LogP contribution in [0.1, 0.15) is 27.0 Å².